The molecule has 3 aromatic rings. The molecule has 0 bridgehead atoms. The molecular formula is C25H24N2O3S. The summed E-state index contributed by atoms with van der Waals surface area (Å²) in [7, 11) is 0. The van der Waals surface area contributed by atoms with Gasteiger partial charge in [0.1, 0.15) is 0 Å². The number of hydrogen-bond donors (Lipinski definition) is 2. The van der Waals surface area contributed by atoms with Gasteiger partial charge in [-0.15, -0.1) is 11.8 Å². The van der Waals surface area contributed by atoms with Crippen molar-refractivity contribution < 1.29 is 14.4 Å². The summed E-state index contributed by atoms with van der Waals surface area (Å²) < 4.78 is 0. The first-order valence-corrected chi connectivity index (χ1v) is 10.8. The lowest BCUT2D eigenvalue weighted by Crippen LogP contribution is -2.22. The Balaban J connectivity index is 1.60. The first-order valence-electron chi connectivity index (χ1n) is 9.88. The third-order valence-corrected chi connectivity index (χ3v) is 5.74. The Labute approximate surface area is 186 Å². The van der Waals surface area contributed by atoms with Gasteiger partial charge >= 0.3 is 0 Å². The smallest absolute Gasteiger partial charge is 0.255 e. The monoisotopic (exact) mass is 432 g/mol. The molecule has 0 aliphatic carbocycles. The first-order chi connectivity index (χ1) is 14.8. The summed E-state index contributed by atoms with van der Waals surface area (Å²) in [5.41, 5.74) is 3.60. The molecule has 31 heavy (non-hydrogen) atoms. The highest BCUT2D eigenvalue weighted by Gasteiger charge is 2.15. The number of thioether (sulfide) groups is 1. The number of hydrogen-bond acceptors (Lipinski definition) is 4. The first kappa shape index (κ1) is 22.3. The van der Waals surface area contributed by atoms with Crippen LogP contribution in [0.25, 0.3) is 0 Å². The maximum atomic E-state index is 12.5. The van der Waals surface area contributed by atoms with Gasteiger partial charge in [0, 0.05) is 27.4 Å². The van der Waals surface area contributed by atoms with Crippen LogP contribution in [-0.4, -0.2) is 22.8 Å². The SMILES string of the molecule is CC(=O)c1ccc(NC(=O)C(C)Sc2cccc(NC(=O)c3ccc(C)cc3)c2)cc1. The quantitative estimate of drug-likeness (QED) is 0.378. The molecule has 1 atom stereocenters. The Morgan fingerprint density at radius 3 is 2.10 bits per heavy atom. The molecule has 5 nitrogen and oxygen atoms in total. The van der Waals surface area contributed by atoms with Gasteiger partial charge in [-0.3, -0.25) is 14.4 Å². The van der Waals surface area contributed by atoms with Gasteiger partial charge < -0.3 is 10.6 Å². The van der Waals surface area contributed by atoms with Crippen molar-refractivity contribution in [3.8, 4) is 0 Å². The third kappa shape index (κ3) is 6.30. The molecule has 6 heteroatoms. The standard InChI is InChI=1S/C25H24N2O3S/c1-16-7-9-20(10-8-16)25(30)27-22-5-4-6-23(15-22)31-18(3)24(29)26-21-13-11-19(12-14-21)17(2)28/h4-15,18H,1-3H3,(H,26,29)(H,27,30). The highest BCUT2D eigenvalue weighted by atomic mass is 32.2. The predicted octanol–water partition coefficient (Wildman–Crippen LogP) is 5.57. The minimum absolute atomic E-state index is 0.0175. The number of aryl methyl sites for hydroxylation is 1. The zero-order valence-electron chi connectivity index (χ0n) is 17.6. The van der Waals surface area contributed by atoms with Gasteiger partial charge in [0.05, 0.1) is 5.25 Å². The molecule has 0 radical (unpaired) electrons. The van der Waals surface area contributed by atoms with E-state index in [0.29, 0.717) is 22.5 Å². The zero-order valence-corrected chi connectivity index (χ0v) is 18.5. The number of amides is 2. The van der Waals surface area contributed by atoms with Gasteiger partial charge in [-0.25, -0.2) is 0 Å². The van der Waals surface area contributed by atoms with Crippen molar-refractivity contribution in [3.63, 3.8) is 0 Å². The molecule has 2 N–H and O–H groups in total. The molecular weight excluding hydrogens is 408 g/mol. The Kier molecular flexibility index (Phi) is 7.26. The summed E-state index contributed by atoms with van der Waals surface area (Å²) in [5.74, 6) is -0.340. The van der Waals surface area contributed by atoms with Crippen LogP contribution in [0.3, 0.4) is 0 Å². The van der Waals surface area contributed by atoms with Crippen LogP contribution in [0.2, 0.25) is 0 Å². The summed E-state index contributed by atoms with van der Waals surface area (Å²) in [6.07, 6.45) is 0. The summed E-state index contributed by atoms with van der Waals surface area (Å²) in [4.78, 5) is 37.2. The Morgan fingerprint density at radius 2 is 1.45 bits per heavy atom. The molecule has 0 saturated heterocycles. The fourth-order valence-corrected chi connectivity index (χ4v) is 3.77. The molecule has 3 aromatic carbocycles. The molecule has 3 rings (SSSR count). The molecule has 0 aliphatic rings. The lowest BCUT2D eigenvalue weighted by atomic mass is 10.1. The normalized spacial score (nSPS) is 11.5. The molecule has 0 aromatic heterocycles. The van der Waals surface area contributed by atoms with Crippen LogP contribution in [0.15, 0.2) is 77.7 Å². The van der Waals surface area contributed by atoms with Crippen LogP contribution in [0.4, 0.5) is 11.4 Å². The minimum Gasteiger partial charge on any atom is -0.325 e. The van der Waals surface area contributed by atoms with Gasteiger partial charge in [0.2, 0.25) is 5.91 Å². The van der Waals surface area contributed by atoms with E-state index in [1.807, 2.05) is 50.2 Å². The molecule has 1 unspecified atom stereocenters. The van der Waals surface area contributed by atoms with Crippen LogP contribution in [-0.2, 0) is 4.79 Å². The van der Waals surface area contributed by atoms with Gasteiger partial charge in [-0.1, -0.05) is 23.8 Å². The van der Waals surface area contributed by atoms with E-state index < -0.39 is 0 Å². The average Bonchev–Trinajstić information content (AvgIpc) is 2.74. The highest BCUT2D eigenvalue weighted by molar-refractivity contribution is 8.00. The van der Waals surface area contributed by atoms with E-state index in [2.05, 4.69) is 10.6 Å². The largest absolute Gasteiger partial charge is 0.325 e. The summed E-state index contributed by atoms with van der Waals surface area (Å²) >= 11 is 1.40. The molecule has 0 spiro atoms. The summed E-state index contributed by atoms with van der Waals surface area (Å²) in [6, 6.07) is 21.6. The second-order valence-corrected chi connectivity index (χ2v) is 8.65. The topological polar surface area (TPSA) is 75.3 Å². The van der Waals surface area contributed by atoms with Gasteiger partial charge in [-0.2, -0.15) is 0 Å². The fraction of sp³-hybridized carbons (Fsp3) is 0.160. The second kappa shape index (κ2) is 10.1. The van der Waals surface area contributed by atoms with Crippen molar-refractivity contribution in [2.45, 2.75) is 30.9 Å². The molecule has 158 valence electrons. The Morgan fingerprint density at radius 1 is 0.806 bits per heavy atom. The van der Waals surface area contributed by atoms with Crippen molar-refractivity contribution in [1.29, 1.82) is 0 Å². The Hall–Kier alpha value is -3.38. The number of carbonyl (C=O) groups is 3. The number of anilines is 2. The van der Waals surface area contributed by atoms with Crippen LogP contribution >= 0.6 is 11.8 Å². The second-order valence-electron chi connectivity index (χ2n) is 7.23. The summed E-state index contributed by atoms with van der Waals surface area (Å²) in [6.45, 7) is 5.30. The number of rotatable bonds is 7. The van der Waals surface area contributed by atoms with E-state index >= 15 is 0 Å². The van der Waals surface area contributed by atoms with Crippen molar-refractivity contribution in [3.05, 3.63) is 89.5 Å². The van der Waals surface area contributed by atoms with E-state index in [9.17, 15) is 14.4 Å². The third-order valence-electron chi connectivity index (χ3n) is 4.65. The molecule has 2 amide bonds. The van der Waals surface area contributed by atoms with Crippen molar-refractivity contribution >= 4 is 40.7 Å². The van der Waals surface area contributed by atoms with Crippen molar-refractivity contribution in [2.75, 3.05) is 10.6 Å². The zero-order chi connectivity index (χ0) is 22.4. The number of nitrogens with one attached hydrogen (secondary N) is 2. The molecule has 0 heterocycles. The fourth-order valence-electron chi connectivity index (χ4n) is 2.85. The van der Waals surface area contributed by atoms with Crippen LogP contribution in [0.1, 0.15) is 40.1 Å². The van der Waals surface area contributed by atoms with Gasteiger partial charge in [0.25, 0.3) is 5.91 Å². The summed E-state index contributed by atoms with van der Waals surface area (Å²) in [5, 5.41) is 5.40. The van der Waals surface area contributed by atoms with E-state index in [0.717, 1.165) is 10.5 Å². The molecule has 0 saturated carbocycles. The van der Waals surface area contributed by atoms with E-state index in [1.165, 1.54) is 18.7 Å². The van der Waals surface area contributed by atoms with Crippen LogP contribution < -0.4 is 10.6 Å². The molecule has 0 fully saturated rings. The predicted molar refractivity (Wildman–Crippen MR) is 126 cm³/mol. The lowest BCUT2D eigenvalue weighted by Gasteiger charge is -2.13. The Bertz CT molecular complexity index is 1090. The van der Waals surface area contributed by atoms with Gasteiger partial charge in [-0.05, 0) is 75.4 Å². The van der Waals surface area contributed by atoms with Gasteiger partial charge in [0.15, 0.2) is 5.78 Å². The molecule has 0 aliphatic heterocycles. The number of ketones is 1. The number of benzene rings is 3. The van der Waals surface area contributed by atoms with E-state index in [4.69, 9.17) is 0 Å². The highest BCUT2D eigenvalue weighted by Crippen LogP contribution is 2.27. The van der Waals surface area contributed by atoms with Crippen LogP contribution in [0.5, 0.6) is 0 Å². The van der Waals surface area contributed by atoms with Crippen molar-refractivity contribution in [2.24, 2.45) is 0 Å². The maximum Gasteiger partial charge on any atom is 0.255 e. The average molecular weight is 433 g/mol. The van der Waals surface area contributed by atoms with Crippen LogP contribution in [0, 0.1) is 6.92 Å². The lowest BCUT2D eigenvalue weighted by molar-refractivity contribution is -0.115. The maximum absolute atomic E-state index is 12.5. The number of Topliss-reactive ketones (excluding diaryl/α,β-unsaturated/α-hetero) is 1. The van der Waals surface area contributed by atoms with E-state index in [1.54, 1.807) is 36.4 Å². The van der Waals surface area contributed by atoms with Crippen molar-refractivity contribution in [1.82, 2.24) is 0 Å². The number of carbonyl (C=O) groups excluding carboxylic acids is 3. The van der Waals surface area contributed by atoms with E-state index in [-0.39, 0.29) is 22.8 Å². The minimum atomic E-state index is -0.351.